The molecule has 4 heterocycles. The summed E-state index contributed by atoms with van der Waals surface area (Å²) < 4.78 is 76.1. The minimum absolute atomic E-state index is 0. The molecule has 0 aromatic carbocycles. The molecule has 60 heavy (non-hydrogen) atoms. The Kier molecular flexibility index (Phi) is 12.2. The molecule has 3 saturated carbocycles. The molecule has 19 heteroatoms. The molecule has 0 aromatic rings. The van der Waals surface area contributed by atoms with E-state index in [0.29, 0.717) is 38.5 Å². The Hall–Kier alpha value is -0.360. The minimum atomic E-state index is -5.29. The van der Waals surface area contributed by atoms with E-state index in [1.165, 1.54) is 6.92 Å². The van der Waals surface area contributed by atoms with Crippen LogP contribution in [0.3, 0.4) is 0 Å². The second-order valence-corrected chi connectivity index (χ2v) is 21.7. The number of hydrogen-bond acceptors (Lipinski definition) is 17. The van der Waals surface area contributed by atoms with E-state index >= 15 is 0 Å². The van der Waals surface area contributed by atoms with Gasteiger partial charge in [-0.05, 0) is 107 Å². The van der Waals surface area contributed by atoms with Gasteiger partial charge in [0.2, 0.25) is 10.4 Å². The SMILES string of the molecule is CC1O[C@@H](OC2[C@H](O[C@H]3CC[C@]4(C)C5=C[C@H](O)C67C(=O)O[C@@](C)(C8CCC(C)(C)O8)[C@@]6(O)CC[C@@]7(C)C5CCC4C3(C)C)OC[C@@H](OS(=O)(=O)[O-])[C@H]2O)C(O)[C@H](O)[C@@H]1O.[Na+]. The van der Waals surface area contributed by atoms with Gasteiger partial charge in [0.05, 0.1) is 30.5 Å². The Morgan fingerprint density at radius 1 is 0.833 bits per heavy atom. The van der Waals surface area contributed by atoms with E-state index in [9.17, 15) is 48.4 Å². The van der Waals surface area contributed by atoms with Crippen LogP contribution in [0.5, 0.6) is 0 Å². The third-order valence-electron chi connectivity index (χ3n) is 16.9. The summed E-state index contributed by atoms with van der Waals surface area (Å²) in [7, 11) is -5.29. The fraction of sp³-hybridized carbons (Fsp3) is 0.927. The Morgan fingerprint density at radius 2 is 1.52 bits per heavy atom. The van der Waals surface area contributed by atoms with Crippen LogP contribution in [-0.4, -0.2) is 147 Å². The van der Waals surface area contributed by atoms with Gasteiger partial charge in [-0.15, -0.1) is 0 Å². The van der Waals surface area contributed by atoms with Crippen molar-refractivity contribution < 1.29 is 111 Å². The van der Waals surface area contributed by atoms with Gasteiger partial charge in [0.25, 0.3) is 0 Å². The average molecular weight is 883 g/mol. The summed E-state index contributed by atoms with van der Waals surface area (Å²) >= 11 is 0. The molecule has 4 aliphatic carbocycles. The summed E-state index contributed by atoms with van der Waals surface area (Å²) in [4.78, 5) is 14.5. The molecule has 6 N–H and O–H groups in total. The number of hydrogen-bond donors (Lipinski definition) is 6. The minimum Gasteiger partial charge on any atom is -0.726 e. The second kappa shape index (κ2) is 15.4. The molecule has 4 saturated heterocycles. The van der Waals surface area contributed by atoms with E-state index in [1.54, 1.807) is 6.92 Å². The number of allylic oxidation sites excluding steroid dienone is 1. The number of fused-ring (bicyclic) bond motifs is 4. The Morgan fingerprint density at radius 3 is 2.15 bits per heavy atom. The maximum absolute atomic E-state index is 14.5. The largest absolute Gasteiger partial charge is 1.00 e. The number of aliphatic hydroxyl groups is 6. The van der Waals surface area contributed by atoms with Crippen molar-refractivity contribution in [2.24, 2.45) is 33.5 Å². The van der Waals surface area contributed by atoms with Gasteiger partial charge in [-0.25, -0.2) is 8.42 Å². The van der Waals surface area contributed by atoms with Crippen LogP contribution in [-0.2, 0) is 47.8 Å². The quantitative estimate of drug-likeness (QED) is 0.0407. The van der Waals surface area contributed by atoms with Crippen molar-refractivity contribution in [3.63, 3.8) is 0 Å². The number of cyclic esters (lactones) is 1. The molecule has 0 bridgehead atoms. The van der Waals surface area contributed by atoms with Crippen LogP contribution in [0.2, 0.25) is 0 Å². The fourth-order valence-electron chi connectivity index (χ4n) is 13.7. The van der Waals surface area contributed by atoms with Crippen molar-refractivity contribution in [1.82, 2.24) is 0 Å². The number of aliphatic hydroxyl groups excluding tert-OH is 5. The number of carbonyl (C=O) groups is 1. The topological polar surface area (TPSA) is 260 Å². The maximum atomic E-state index is 14.5. The van der Waals surface area contributed by atoms with Crippen molar-refractivity contribution in [2.75, 3.05) is 6.61 Å². The molecule has 8 rings (SSSR count). The normalized spacial score (nSPS) is 53.2. The third kappa shape index (κ3) is 6.66. The summed E-state index contributed by atoms with van der Waals surface area (Å²) in [5, 5.41) is 68.1. The molecule has 4 aliphatic heterocycles. The van der Waals surface area contributed by atoms with Gasteiger partial charge >= 0.3 is 35.5 Å². The number of rotatable bonds is 7. The summed E-state index contributed by atoms with van der Waals surface area (Å²) in [5.41, 5.74) is -5.93. The summed E-state index contributed by atoms with van der Waals surface area (Å²) in [6, 6.07) is 0. The molecule has 7 fully saturated rings. The van der Waals surface area contributed by atoms with Crippen molar-refractivity contribution in [3.8, 4) is 0 Å². The van der Waals surface area contributed by atoms with Crippen LogP contribution in [0.1, 0.15) is 107 Å². The van der Waals surface area contributed by atoms with E-state index < -0.39 is 135 Å². The van der Waals surface area contributed by atoms with Crippen LogP contribution in [0.15, 0.2) is 11.6 Å². The molecule has 1 spiro atoms. The van der Waals surface area contributed by atoms with Crippen LogP contribution >= 0.6 is 0 Å². The van der Waals surface area contributed by atoms with Crippen LogP contribution in [0.25, 0.3) is 0 Å². The zero-order valence-electron chi connectivity index (χ0n) is 36.1. The Balaban J connectivity index is 0.00000544. The molecule has 7 unspecified atom stereocenters. The first-order chi connectivity index (χ1) is 27.2. The van der Waals surface area contributed by atoms with Crippen molar-refractivity contribution in [1.29, 1.82) is 0 Å². The van der Waals surface area contributed by atoms with E-state index in [1.807, 2.05) is 26.8 Å². The van der Waals surface area contributed by atoms with Gasteiger partial charge in [0.1, 0.15) is 53.7 Å². The number of carbonyl (C=O) groups excluding carboxylic acids is 1. The molecular formula is C41H63NaO17S. The molecule has 8 aliphatic rings. The first-order valence-electron chi connectivity index (χ1n) is 21.2. The fourth-order valence-corrected chi connectivity index (χ4v) is 14.2. The smallest absolute Gasteiger partial charge is 0.726 e. The predicted molar refractivity (Wildman–Crippen MR) is 201 cm³/mol. The first-order valence-corrected chi connectivity index (χ1v) is 22.5. The predicted octanol–water partition coefficient (Wildman–Crippen LogP) is -1.90. The molecular weight excluding hydrogens is 819 g/mol. The molecule has 336 valence electrons. The van der Waals surface area contributed by atoms with E-state index in [0.717, 1.165) is 12.0 Å². The number of ether oxygens (including phenoxy) is 6. The second-order valence-electron chi connectivity index (χ2n) is 20.7. The summed E-state index contributed by atoms with van der Waals surface area (Å²) in [6.45, 7) is 15.0. The third-order valence-corrected chi connectivity index (χ3v) is 17.4. The van der Waals surface area contributed by atoms with Gasteiger partial charge in [-0.2, -0.15) is 0 Å². The van der Waals surface area contributed by atoms with Crippen molar-refractivity contribution in [2.45, 2.75) is 197 Å². The molecule has 0 amide bonds. The molecule has 19 atom stereocenters. The summed E-state index contributed by atoms with van der Waals surface area (Å²) in [6.07, 6.45) is -10.0. The maximum Gasteiger partial charge on any atom is 1.00 e. The first kappa shape index (κ1) is 47.6. The van der Waals surface area contributed by atoms with Crippen LogP contribution < -0.4 is 29.6 Å². The van der Waals surface area contributed by atoms with Gasteiger partial charge in [0.15, 0.2) is 18.2 Å². The standard InChI is InChI=1S/C41H64O17S.Na/c1-19-27(43)29(45)30(46)32(53-19)55-31-28(44)22(58-59(49,50)51)18-52-33(31)54-25-12-14-37(6)21-17-24(42)41-34(47)57-39(8,26-11-13-35(2,3)56-26)40(41,48)16-15-38(41,7)20(21)9-10-23(37)36(25,4)5;/h17,19-20,22-33,42-46,48H,9-16,18H2,1-8H3,(H,49,50,51);/q;+1/p-1/t19?,20?,22-,23?,24+,25+,26?,27-,28-,29-,30?,31?,32+,33+,37-,38+,39+,40+,41?;/m1./s1. The van der Waals surface area contributed by atoms with Gasteiger partial charge in [-0.1, -0.05) is 39.3 Å². The average Bonchev–Trinajstić information content (AvgIpc) is 3.70. The Bertz CT molecular complexity index is 1830. The molecule has 17 nitrogen and oxygen atoms in total. The summed E-state index contributed by atoms with van der Waals surface area (Å²) in [5.74, 6) is -0.763. The zero-order valence-corrected chi connectivity index (χ0v) is 38.9. The van der Waals surface area contributed by atoms with Crippen LogP contribution in [0, 0.1) is 33.5 Å². The number of esters is 1. The van der Waals surface area contributed by atoms with E-state index in [4.69, 9.17) is 28.4 Å². The monoisotopic (exact) mass is 882 g/mol. The molecule has 0 aromatic heterocycles. The van der Waals surface area contributed by atoms with Crippen molar-refractivity contribution in [3.05, 3.63) is 11.6 Å². The van der Waals surface area contributed by atoms with Crippen LogP contribution in [0.4, 0.5) is 0 Å². The van der Waals surface area contributed by atoms with E-state index in [-0.39, 0.29) is 47.8 Å². The van der Waals surface area contributed by atoms with Crippen molar-refractivity contribution >= 4 is 16.4 Å². The van der Waals surface area contributed by atoms with E-state index in [2.05, 4.69) is 25.0 Å². The Labute approximate surface area is 374 Å². The van der Waals surface area contributed by atoms with Gasteiger partial charge in [-0.3, -0.25) is 8.98 Å². The van der Waals surface area contributed by atoms with Gasteiger partial charge in [0, 0.05) is 0 Å². The zero-order chi connectivity index (χ0) is 43.3. The molecule has 0 radical (unpaired) electrons. The van der Waals surface area contributed by atoms with Gasteiger partial charge < -0.3 is 63.6 Å².